The fourth-order valence-electron chi connectivity index (χ4n) is 1.59. The Balaban J connectivity index is 2.40. The maximum atomic E-state index is 11.3. The number of carbonyl (C=O) groups excluding carboxylic acids is 2. The zero-order chi connectivity index (χ0) is 10.4. The molecule has 5 nitrogen and oxygen atoms in total. The number of carbonyl (C=O) groups is 2. The fourth-order valence-corrected chi connectivity index (χ4v) is 1.59. The Morgan fingerprint density at radius 3 is 2.50 bits per heavy atom. The van der Waals surface area contributed by atoms with Crippen LogP contribution in [-0.2, 0) is 14.3 Å². The first kappa shape index (κ1) is 10.6. The van der Waals surface area contributed by atoms with Crippen LogP contribution in [0.2, 0.25) is 0 Å². The molecule has 76 valence electrons. The van der Waals surface area contributed by atoms with E-state index < -0.39 is 11.9 Å². The van der Waals surface area contributed by atoms with Crippen molar-refractivity contribution < 1.29 is 19.1 Å². The first-order valence-electron chi connectivity index (χ1n) is 4.67. The highest BCUT2D eigenvalue weighted by atomic mass is 16.6. The largest absolute Gasteiger partial charge is 0.421 e. The maximum absolute atomic E-state index is 11.3. The van der Waals surface area contributed by atoms with Crippen molar-refractivity contribution in [3.63, 3.8) is 0 Å². The normalized spacial score (nSPS) is 16.9. The van der Waals surface area contributed by atoms with Crippen LogP contribution in [0.1, 0.15) is 32.1 Å². The number of hydrogen-bond donors (Lipinski definition) is 0. The zero-order valence-electron chi connectivity index (χ0n) is 7.81. The van der Waals surface area contributed by atoms with Crippen LogP contribution < -0.4 is 0 Å². The van der Waals surface area contributed by atoms with Gasteiger partial charge in [0.05, 0.1) is 5.92 Å². The average molecular weight is 196 g/mol. The van der Waals surface area contributed by atoms with Crippen LogP contribution in [0.15, 0.2) is 0 Å². The third-order valence-electron chi connectivity index (χ3n) is 2.30. The van der Waals surface area contributed by atoms with Gasteiger partial charge in [0.25, 0.3) is 0 Å². The first-order chi connectivity index (χ1) is 6.74. The molecule has 0 amide bonds. The number of nitrogens with zero attached hydrogens (tertiary/aromatic N) is 2. The van der Waals surface area contributed by atoms with Gasteiger partial charge < -0.3 is 10.3 Å². The smallest absolute Gasteiger partial charge is 0.384 e. The van der Waals surface area contributed by atoms with Gasteiger partial charge in [0.2, 0.25) is 0 Å². The summed E-state index contributed by atoms with van der Waals surface area (Å²) in [6.45, 7) is 0. The van der Waals surface area contributed by atoms with Crippen molar-refractivity contribution in [3.8, 4) is 0 Å². The Labute approximate surface area is 81.7 Å². The zero-order valence-corrected chi connectivity index (χ0v) is 7.81. The van der Waals surface area contributed by atoms with Crippen molar-refractivity contribution in [1.82, 2.24) is 0 Å². The van der Waals surface area contributed by atoms with E-state index in [0.29, 0.717) is 6.21 Å². The molecule has 0 aromatic rings. The lowest BCUT2D eigenvalue weighted by Crippen LogP contribution is -2.23. The lowest BCUT2D eigenvalue weighted by atomic mass is 9.89. The number of esters is 2. The number of rotatable bonds is 2. The molecule has 1 aliphatic rings. The Hall–Kier alpha value is -1.48. The summed E-state index contributed by atoms with van der Waals surface area (Å²) in [5.41, 5.74) is 8.02. The topological polar surface area (TPSA) is 79.8 Å². The van der Waals surface area contributed by atoms with Crippen LogP contribution in [0.4, 0.5) is 0 Å². The summed E-state index contributed by atoms with van der Waals surface area (Å²) in [7, 11) is 0. The molecule has 1 fully saturated rings. The Bertz CT molecular complexity index is 276. The van der Waals surface area contributed by atoms with Gasteiger partial charge >= 0.3 is 18.2 Å². The van der Waals surface area contributed by atoms with E-state index in [-0.39, 0.29) is 5.92 Å². The number of ether oxygens (including phenoxy) is 1. The quantitative estimate of drug-likeness (QED) is 0.217. The summed E-state index contributed by atoms with van der Waals surface area (Å²) in [4.78, 5) is 24.5. The molecule has 0 N–H and O–H groups in total. The van der Waals surface area contributed by atoms with Gasteiger partial charge in [0, 0.05) is 0 Å². The van der Waals surface area contributed by atoms with Crippen LogP contribution in [-0.4, -0.2) is 22.9 Å². The molecule has 1 rings (SSSR count). The summed E-state index contributed by atoms with van der Waals surface area (Å²) in [6.07, 6.45) is 5.27. The maximum Gasteiger partial charge on any atom is 0.421 e. The molecule has 1 saturated carbocycles. The van der Waals surface area contributed by atoms with Gasteiger partial charge in [0.1, 0.15) is 0 Å². The highest BCUT2D eigenvalue weighted by Gasteiger charge is 2.24. The van der Waals surface area contributed by atoms with Crippen LogP contribution in [0.25, 0.3) is 5.53 Å². The summed E-state index contributed by atoms with van der Waals surface area (Å²) in [5, 5.41) is 0. The van der Waals surface area contributed by atoms with Gasteiger partial charge in [-0.3, -0.25) is 4.79 Å². The van der Waals surface area contributed by atoms with Crippen LogP contribution >= 0.6 is 0 Å². The minimum Gasteiger partial charge on any atom is -0.384 e. The van der Waals surface area contributed by atoms with E-state index in [9.17, 15) is 9.59 Å². The monoisotopic (exact) mass is 196 g/mol. The molecule has 0 aromatic carbocycles. The highest BCUT2D eigenvalue weighted by molar-refractivity contribution is 6.23. The third kappa shape index (κ3) is 3.11. The van der Waals surface area contributed by atoms with Crippen molar-refractivity contribution in [2.75, 3.05) is 0 Å². The van der Waals surface area contributed by atoms with E-state index in [2.05, 4.69) is 9.53 Å². The Kier molecular flexibility index (Phi) is 4.01. The first-order valence-corrected chi connectivity index (χ1v) is 4.67. The van der Waals surface area contributed by atoms with Crippen molar-refractivity contribution >= 4 is 18.2 Å². The molecule has 0 aromatic heterocycles. The average Bonchev–Trinajstić information content (AvgIpc) is 2.19. The van der Waals surface area contributed by atoms with Crippen molar-refractivity contribution in [2.24, 2.45) is 5.92 Å². The van der Waals surface area contributed by atoms with Crippen molar-refractivity contribution in [3.05, 3.63) is 5.53 Å². The van der Waals surface area contributed by atoms with Crippen molar-refractivity contribution in [1.29, 1.82) is 0 Å². The lowest BCUT2D eigenvalue weighted by molar-refractivity contribution is -0.160. The minimum absolute atomic E-state index is 0.167. The molecule has 0 unspecified atom stereocenters. The molecular formula is C9H12N2O3. The molecule has 0 bridgehead atoms. The summed E-state index contributed by atoms with van der Waals surface area (Å²) >= 11 is 0. The summed E-state index contributed by atoms with van der Waals surface area (Å²) in [5.74, 6) is -1.59. The minimum atomic E-state index is -0.914. The molecule has 0 saturated heterocycles. The molecule has 0 aliphatic heterocycles. The fraction of sp³-hybridized carbons (Fsp3) is 0.667. The highest BCUT2D eigenvalue weighted by Crippen LogP contribution is 2.24. The van der Waals surface area contributed by atoms with Gasteiger partial charge in [-0.1, -0.05) is 19.3 Å². The predicted molar refractivity (Wildman–Crippen MR) is 47.4 cm³/mol. The predicted octanol–water partition coefficient (Wildman–Crippen LogP) is 0.937. The van der Waals surface area contributed by atoms with E-state index in [1.807, 2.05) is 0 Å². The molecular weight excluding hydrogens is 184 g/mol. The second-order valence-corrected chi connectivity index (χ2v) is 3.32. The molecule has 14 heavy (non-hydrogen) atoms. The van der Waals surface area contributed by atoms with Crippen LogP contribution in [0, 0.1) is 5.92 Å². The molecule has 0 radical (unpaired) electrons. The Morgan fingerprint density at radius 2 is 1.93 bits per heavy atom. The molecule has 0 heterocycles. The standard InChI is InChI=1S/C9H12N2O3/c10-11-6-8(12)14-9(13)7-4-2-1-3-5-7/h6-7H,1-5H2. The second-order valence-electron chi connectivity index (χ2n) is 3.32. The van der Waals surface area contributed by atoms with Gasteiger partial charge in [-0.15, -0.1) is 0 Å². The Morgan fingerprint density at radius 1 is 1.29 bits per heavy atom. The van der Waals surface area contributed by atoms with E-state index in [1.54, 1.807) is 0 Å². The molecule has 5 heteroatoms. The summed E-state index contributed by atoms with van der Waals surface area (Å²) in [6, 6.07) is 0. The second kappa shape index (κ2) is 5.29. The molecule has 0 spiro atoms. The van der Waals surface area contributed by atoms with Gasteiger partial charge in [0.15, 0.2) is 0 Å². The lowest BCUT2D eigenvalue weighted by Gasteiger charge is -2.18. The number of hydrogen-bond acceptors (Lipinski definition) is 3. The SMILES string of the molecule is [N-]=[N+]=CC(=O)OC(=O)C1CCCCC1. The van der Waals surface area contributed by atoms with Gasteiger partial charge in [-0.2, -0.15) is 4.79 Å². The van der Waals surface area contributed by atoms with E-state index >= 15 is 0 Å². The van der Waals surface area contributed by atoms with E-state index in [4.69, 9.17) is 5.53 Å². The third-order valence-corrected chi connectivity index (χ3v) is 2.30. The summed E-state index contributed by atoms with van der Waals surface area (Å²) < 4.78 is 4.44. The van der Waals surface area contributed by atoms with Gasteiger partial charge in [-0.05, 0) is 12.8 Å². The molecule has 0 atom stereocenters. The molecule has 1 aliphatic carbocycles. The van der Waals surface area contributed by atoms with Crippen LogP contribution in [0.5, 0.6) is 0 Å². The van der Waals surface area contributed by atoms with Crippen LogP contribution in [0.3, 0.4) is 0 Å². The van der Waals surface area contributed by atoms with E-state index in [1.165, 1.54) is 0 Å². The van der Waals surface area contributed by atoms with Gasteiger partial charge in [-0.25, -0.2) is 4.79 Å². The van der Waals surface area contributed by atoms with Crippen molar-refractivity contribution in [2.45, 2.75) is 32.1 Å². The van der Waals surface area contributed by atoms with E-state index in [0.717, 1.165) is 32.1 Å².